The fourth-order valence-corrected chi connectivity index (χ4v) is 4.00. The molecule has 0 aliphatic carbocycles. The molecule has 6 nitrogen and oxygen atoms in total. The first-order valence-corrected chi connectivity index (χ1v) is 9.87. The number of nitrogens with zero attached hydrogens (tertiary/aromatic N) is 3. The lowest BCUT2D eigenvalue weighted by Crippen LogP contribution is -2.48. The van der Waals surface area contributed by atoms with E-state index in [0.717, 1.165) is 16.7 Å². The third kappa shape index (κ3) is 3.80. The molecular weight excluding hydrogens is 366 g/mol. The Bertz CT molecular complexity index is 978. The lowest BCUT2D eigenvalue weighted by molar-refractivity contribution is -0.140. The topological polar surface area (TPSA) is 68.5 Å². The molecule has 0 spiro atoms. The van der Waals surface area contributed by atoms with Gasteiger partial charge in [0.05, 0.1) is 12.0 Å². The van der Waals surface area contributed by atoms with Crippen LogP contribution in [0, 0.1) is 6.92 Å². The van der Waals surface area contributed by atoms with Gasteiger partial charge in [-0.15, -0.1) is 0 Å². The predicted molar refractivity (Wildman–Crippen MR) is 109 cm³/mol. The van der Waals surface area contributed by atoms with Crippen LogP contribution in [-0.4, -0.2) is 41.2 Å². The molecule has 0 radical (unpaired) electrons. The Morgan fingerprint density at radius 2 is 1.76 bits per heavy atom. The van der Waals surface area contributed by atoms with Crippen molar-refractivity contribution in [3.8, 4) is 11.4 Å². The van der Waals surface area contributed by atoms with Crippen LogP contribution in [0.2, 0.25) is 0 Å². The lowest BCUT2D eigenvalue weighted by atomic mass is 9.73. The van der Waals surface area contributed by atoms with Crippen molar-refractivity contribution < 1.29 is 14.1 Å². The largest absolute Gasteiger partial charge is 0.381 e. The van der Waals surface area contributed by atoms with Crippen molar-refractivity contribution in [3.05, 3.63) is 71.6 Å². The summed E-state index contributed by atoms with van der Waals surface area (Å²) in [7, 11) is 1.79. The van der Waals surface area contributed by atoms with Crippen LogP contribution >= 0.6 is 0 Å². The van der Waals surface area contributed by atoms with Gasteiger partial charge in [-0.25, -0.2) is 0 Å². The van der Waals surface area contributed by atoms with E-state index in [2.05, 4.69) is 10.1 Å². The Hall–Kier alpha value is -2.99. The van der Waals surface area contributed by atoms with Gasteiger partial charge in [-0.05, 0) is 30.9 Å². The summed E-state index contributed by atoms with van der Waals surface area (Å²) in [6.45, 7) is 3.43. The molecule has 4 rings (SSSR count). The van der Waals surface area contributed by atoms with Crippen molar-refractivity contribution in [1.29, 1.82) is 0 Å². The number of carbonyl (C=O) groups excluding carboxylic acids is 1. The second-order valence-electron chi connectivity index (χ2n) is 7.55. The summed E-state index contributed by atoms with van der Waals surface area (Å²) in [6, 6.07) is 17.9. The summed E-state index contributed by atoms with van der Waals surface area (Å²) in [5.41, 5.74) is 2.47. The number of hydrogen-bond donors (Lipinski definition) is 0. The molecule has 2 heterocycles. The lowest BCUT2D eigenvalue weighted by Gasteiger charge is -2.38. The number of hydrogen-bond acceptors (Lipinski definition) is 5. The van der Waals surface area contributed by atoms with Gasteiger partial charge in [-0.1, -0.05) is 59.8 Å². The second kappa shape index (κ2) is 8.17. The average Bonchev–Trinajstić information content (AvgIpc) is 3.22. The summed E-state index contributed by atoms with van der Waals surface area (Å²) >= 11 is 0. The van der Waals surface area contributed by atoms with E-state index in [0.29, 0.717) is 37.8 Å². The molecule has 150 valence electrons. The van der Waals surface area contributed by atoms with Crippen molar-refractivity contribution in [3.63, 3.8) is 0 Å². The standard InChI is InChI=1S/C23H25N3O3/c1-17-8-6-7-11-19(17)21-24-20(29-25-21)16-26(2)22(27)23(12-14-28-15-13-23)18-9-4-3-5-10-18/h3-11H,12-16H2,1-2H3. The van der Waals surface area contributed by atoms with Crippen molar-refractivity contribution in [1.82, 2.24) is 15.0 Å². The first kappa shape index (κ1) is 19.3. The van der Waals surface area contributed by atoms with Gasteiger partial charge < -0.3 is 14.2 Å². The Balaban J connectivity index is 1.55. The highest BCUT2D eigenvalue weighted by Crippen LogP contribution is 2.36. The molecule has 29 heavy (non-hydrogen) atoms. The number of benzene rings is 2. The van der Waals surface area contributed by atoms with Gasteiger partial charge >= 0.3 is 0 Å². The minimum Gasteiger partial charge on any atom is -0.381 e. The smallest absolute Gasteiger partial charge is 0.246 e. The van der Waals surface area contributed by atoms with E-state index in [9.17, 15) is 4.79 Å². The number of ether oxygens (including phenoxy) is 1. The minimum absolute atomic E-state index is 0.0580. The number of rotatable bonds is 5. The first-order chi connectivity index (χ1) is 14.1. The molecule has 0 saturated carbocycles. The molecule has 1 aliphatic heterocycles. The third-order valence-electron chi connectivity index (χ3n) is 5.66. The Kier molecular flexibility index (Phi) is 5.45. The molecule has 1 fully saturated rings. The maximum atomic E-state index is 13.5. The van der Waals surface area contributed by atoms with Crippen LogP contribution in [-0.2, 0) is 21.5 Å². The molecule has 2 aromatic carbocycles. The first-order valence-electron chi connectivity index (χ1n) is 9.87. The van der Waals surface area contributed by atoms with E-state index >= 15 is 0 Å². The van der Waals surface area contributed by atoms with E-state index in [4.69, 9.17) is 9.26 Å². The summed E-state index contributed by atoms with van der Waals surface area (Å²) in [5, 5.41) is 4.10. The fourth-order valence-electron chi connectivity index (χ4n) is 4.00. The predicted octanol–water partition coefficient (Wildman–Crippen LogP) is 3.75. The van der Waals surface area contributed by atoms with Crippen LogP contribution in [0.15, 0.2) is 59.1 Å². The van der Waals surface area contributed by atoms with E-state index in [1.807, 2.05) is 61.5 Å². The SMILES string of the molecule is Cc1ccccc1-c1noc(CN(C)C(=O)C2(c3ccccc3)CCOCC2)n1. The molecule has 1 aliphatic rings. The summed E-state index contributed by atoms with van der Waals surface area (Å²) in [5.74, 6) is 1.03. The maximum absolute atomic E-state index is 13.5. The van der Waals surface area contributed by atoms with Crippen LogP contribution in [0.25, 0.3) is 11.4 Å². The van der Waals surface area contributed by atoms with Crippen LogP contribution in [0.4, 0.5) is 0 Å². The Labute approximate surface area is 170 Å². The van der Waals surface area contributed by atoms with Gasteiger partial charge in [-0.3, -0.25) is 4.79 Å². The number of likely N-dealkylation sites (N-methyl/N-ethyl adjacent to an activating group) is 1. The fraction of sp³-hybridized carbons (Fsp3) is 0.348. The Morgan fingerprint density at radius 3 is 2.48 bits per heavy atom. The average molecular weight is 391 g/mol. The number of amides is 1. The Morgan fingerprint density at radius 1 is 1.07 bits per heavy atom. The molecule has 0 unspecified atom stereocenters. The molecule has 1 amide bonds. The van der Waals surface area contributed by atoms with Crippen molar-refractivity contribution in [2.24, 2.45) is 0 Å². The van der Waals surface area contributed by atoms with E-state index < -0.39 is 5.41 Å². The normalized spacial score (nSPS) is 15.8. The summed E-state index contributed by atoms with van der Waals surface area (Å²) < 4.78 is 11.0. The van der Waals surface area contributed by atoms with Gasteiger partial charge in [0.25, 0.3) is 0 Å². The van der Waals surface area contributed by atoms with E-state index in [1.54, 1.807) is 11.9 Å². The summed E-state index contributed by atoms with van der Waals surface area (Å²) in [4.78, 5) is 19.7. The van der Waals surface area contributed by atoms with Crippen LogP contribution in [0.3, 0.4) is 0 Å². The zero-order chi connectivity index (χ0) is 20.3. The van der Waals surface area contributed by atoms with Gasteiger partial charge in [-0.2, -0.15) is 4.98 Å². The van der Waals surface area contributed by atoms with Crippen LogP contribution in [0.5, 0.6) is 0 Å². The molecule has 6 heteroatoms. The molecule has 0 atom stereocenters. The molecule has 0 N–H and O–H groups in total. The highest BCUT2D eigenvalue weighted by atomic mass is 16.5. The van der Waals surface area contributed by atoms with Crippen LogP contribution in [0.1, 0.15) is 29.9 Å². The summed E-state index contributed by atoms with van der Waals surface area (Å²) in [6.07, 6.45) is 1.33. The van der Waals surface area contributed by atoms with Gasteiger partial charge in [0.2, 0.25) is 17.6 Å². The highest BCUT2D eigenvalue weighted by molar-refractivity contribution is 5.88. The van der Waals surface area contributed by atoms with E-state index in [1.165, 1.54) is 0 Å². The second-order valence-corrected chi connectivity index (χ2v) is 7.55. The van der Waals surface area contributed by atoms with Gasteiger partial charge in [0, 0.05) is 25.8 Å². The van der Waals surface area contributed by atoms with Crippen molar-refractivity contribution >= 4 is 5.91 Å². The quantitative estimate of drug-likeness (QED) is 0.663. The van der Waals surface area contributed by atoms with E-state index in [-0.39, 0.29) is 12.5 Å². The molecular formula is C23H25N3O3. The molecule has 1 aromatic heterocycles. The highest BCUT2D eigenvalue weighted by Gasteiger charge is 2.43. The van der Waals surface area contributed by atoms with Crippen molar-refractivity contribution in [2.75, 3.05) is 20.3 Å². The zero-order valence-corrected chi connectivity index (χ0v) is 16.8. The minimum atomic E-state index is -0.576. The van der Waals surface area contributed by atoms with Crippen molar-refractivity contribution in [2.45, 2.75) is 31.7 Å². The number of aromatic nitrogens is 2. The number of carbonyl (C=O) groups is 1. The van der Waals surface area contributed by atoms with Crippen LogP contribution < -0.4 is 0 Å². The molecule has 3 aromatic rings. The third-order valence-corrected chi connectivity index (χ3v) is 5.66. The maximum Gasteiger partial charge on any atom is 0.246 e. The monoisotopic (exact) mass is 391 g/mol. The van der Waals surface area contributed by atoms with Gasteiger partial charge in [0.1, 0.15) is 0 Å². The zero-order valence-electron chi connectivity index (χ0n) is 16.8. The van der Waals surface area contributed by atoms with Gasteiger partial charge in [0.15, 0.2) is 0 Å². The molecule has 0 bridgehead atoms. The molecule has 1 saturated heterocycles. The number of aryl methyl sites for hydroxylation is 1.